The van der Waals surface area contributed by atoms with Crippen molar-refractivity contribution in [2.45, 2.75) is 29.9 Å². The average Bonchev–Trinajstić information content (AvgIpc) is 3.37. The monoisotopic (exact) mass is 479 g/mol. The first-order chi connectivity index (χ1) is 15.5. The Bertz CT molecular complexity index is 1310. The number of sulfone groups is 1. The number of amides is 3. The van der Waals surface area contributed by atoms with Gasteiger partial charge in [0.05, 0.1) is 29.0 Å². The zero-order chi connectivity index (χ0) is 24.0. The Kier molecular flexibility index (Phi) is 5.44. The third-order valence-corrected chi connectivity index (χ3v) is 6.67. The summed E-state index contributed by atoms with van der Waals surface area (Å²) in [4.78, 5) is 31.1. The minimum Gasteiger partial charge on any atom is -0.308 e. The van der Waals surface area contributed by atoms with Crippen molar-refractivity contribution in [3.05, 3.63) is 66.7 Å². The van der Waals surface area contributed by atoms with Crippen molar-refractivity contribution in [3.63, 3.8) is 0 Å². The highest BCUT2D eigenvalue weighted by atomic mass is 32.2. The molecule has 172 valence electrons. The molecule has 0 saturated carbocycles. The van der Waals surface area contributed by atoms with Gasteiger partial charge in [0.15, 0.2) is 0 Å². The van der Waals surface area contributed by atoms with E-state index in [-0.39, 0.29) is 12.2 Å². The Morgan fingerprint density at radius 2 is 1.76 bits per heavy atom. The van der Waals surface area contributed by atoms with Crippen LogP contribution in [0.3, 0.4) is 0 Å². The summed E-state index contributed by atoms with van der Waals surface area (Å²) in [6.07, 6.45) is 6.37. The van der Waals surface area contributed by atoms with E-state index in [1.165, 1.54) is 18.0 Å². The molecule has 1 aliphatic rings. The standard InChI is InChI=1S/C20H16F3N5O4S/c1-13-18(29)28(15-3-5-16(6-4-15)33(31,32)20(21,22)23)19(30)26(13)12-14-7-9-24-11-17(14)27-10-2-8-25-27/h2-11,13H,12H2,1H3. The number of urea groups is 1. The van der Waals surface area contributed by atoms with Gasteiger partial charge in [-0.15, -0.1) is 0 Å². The van der Waals surface area contributed by atoms with Gasteiger partial charge in [0.1, 0.15) is 6.04 Å². The molecule has 1 atom stereocenters. The molecule has 1 unspecified atom stereocenters. The molecular formula is C20H16F3N5O4S. The first-order valence-corrected chi connectivity index (χ1v) is 11.0. The van der Waals surface area contributed by atoms with Gasteiger partial charge in [0.25, 0.3) is 15.7 Å². The van der Waals surface area contributed by atoms with E-state index in [4.69, 9.17) is 0 Å². The van der Waals surface area contributed by atoms with Gasteiger partial charge in [0, 0.05) is 24.2 Å². The zero-order valence-electron chi connectivity index (χ0n) is 17.0. The lowest BCUT2D eigenvalue weighted by Crippen LogP contribution is -2.33. The lowest BCUT2D eigenvalue weighted by molar-refractivity contribution is -0.119. The largest absolute Gasteiger partial charge is 0.501 e. The van der Waals surface area contributed by atoms with E-state index < -0.39 is 38.2 Å². The Hall–Kier alpha value is -3.74. The fourth-order valence-electron chi connectivity index (χ4n) is 3.41. The minimum absolute atomic E-state index is 0.0393. The van der Waals surface area contributed by atoms with E-state index in [1.807, 2.05) is 0 Å². The van der Waals surface area contributed by atoms with Crippen LogP contribution >= 0.6 is 0 Å². The summed E-state index contributed by atoms with van der Waals surface area (Å²) in [5.41, 5.74) is -4.23. The number of hydrogen-bond acceptors (Lipinski definition) is 6. The van der Waals surface area contributed by atoms with Gasteiger partial charge in [-0.25, -0.2) is 22.8 Å². The van der Waals surface area contributed by atoms with Crippen molar-refractivity contribution < 1.29 is 31.2 Å². The van der Waals surface area contributed by atoms with Crippen molar-refractivity contribution in [3.8, 4) is 5.69 Å². The number of benzene rings is 1. The van der Waals surface area contributed by atoms with Crippen LogP contribution in [0.25, 0.3) is 5.69 Å². The van der Waals surface area contributed by atoms with Crippen LogP contribution in [0.4, 0.5) is 23.7 Å². The van der Waals surface area contributed by atoms with Crippen molar-refractivity contribution in [2.24, 2.45) is 0 Å². The summed E-state index contributed by atoms with van der Waals surface area (Å²) in [5.74, 6) is -0.596. The maximum absolute atomic E-state index is 13.1. The van der Waals surface area contributed by atoms with Gasteiger partial charge in [-0.1, -0.05) is 0 Å². The molecule has 3 amide bonds. The summed E-state index contributed by atoms with van der Waals surface area (Å²) in [6, 6.07) is 5.25. The number of pyridine rings is 1. The molecule has 13 heteroatoms. The van der Waals surface area contributed by atoms with E-state index in [9.17, 15) is 31.2 Å². The SMILES string of the molecule is CC1C(=O)N(c2ccc(S(=O)(=O)C(F)(F)F)cc2)C(=O)N1Cc1ccncc1-n1cccn1. The number of rotatable bonds is 5. The first-order valence-electron chi connectivity index (χ1n) is 9.51. The van der Waals surface area contributed by atoms with Crippen LogP contribution in [0.2, 0.25) is 0 Å². The van der Waals surface area contributed by atoms with Crippen LogP contribution in [0, 0.1) is 0 Å². The third-order valence-electron chi connectivity index (χ3n) is 5.17. The van der Waals surface area contributed by atoms with E-state index in [0.717, 1.165) is 17.0 Å². The summed E-state index contributed by atoms with van der Waals surface area (Å²) < 4.78 is 63.0. The Balaban J connectivity index is 1.62. The van der Waals surface area contributed by atoms with Crippen LogP contribution in [0.5, 0.6) is 0 Å². The number of carbonyl (C=O) groups is 2. The summed E-state index contributed by atoms with van der Waals surface area (Å²) in [5, 5.41) is 4.15. The molecule has 1 aromatic carbocycles. The van der Waals surface area contributed by atoms with Crippen molar-refractivity contribution in [1.82, 2.24) is 19.7 Å². The second kappa shape index (κ2) is 7.99. The highest BCUT2D eigenvalue weighted by Crippen LogP contribution is 2.33. The van der Waals surface area contributed by atoms with E-state index in [0.29, 0.717) is 23.4 Å². The summed E-state index contributed by atoms with van der Waals surface area (Å²) >= 11 is 0. The lowest BCUT2D eigenvalue weighted by Gasteiger charge is -2.21. The molecule has 1 aliphatic heterocycles. The number of carbonyl (C=O) groups excluding carboxylic acids is 2. The molecule has 3 aromatic rings. The molecular weight excluding hydrogens is 463 g/mol. The fourth-order valence-corrected chi connectivity index (χ4v) is 4.17. The Morgan fingerprint density at radius 1 is 1.06 bits per heavy atom. The molecule has 1 saturated heterocycles. The number of aromatic nitrogens is 3. The highest BCUT2D eigenvalue weighted by molar-refractivity contribution is 7.92. The number of imide groups is 1. The molecule has 0 bridgehead atoms. The second-order valence-corrected chi connectivity index (χ2v) is 9.10. The van der Waals surface area contributed by atoms with E-state index in [2.05, 4.69) is 10.1 Å². The van der Waals surface area contributed by atoms with Crippen molar-refractivity contribution >= 4 is 27.5 Å². The number of hydrogen-bond donors (Lipinski definition) is 0. The van der Waals surface area contributed by atoms with Crippen molar-refractivity contribution in [2.75, 3.05) is 4.90 Å². The molecule has 2 aromatic heterocycles. The van der Waals surface area contributed by atoms with E-state index >= 15 is 0 Å². The third kappa shape index (κ3) is 3.84. The first kappa shape index (κ1) is 22.5. The molecule has 33 heavy (non-hydrogen) atoms. The minimum atomic E-state index is -5.55. The number of alkyl halides is 3. The Labute approximate surface area is 186 Å². The average molecular weight is 479 g/mol. The maximum atomic E-state index is 13.1. The van der Waals surface area contributed by atoms with Crippen molar-refractivity contribution in [1.29, 1.82) is 0 Å². The normalized spacial score (nSPS) is 17.2. The van der Waals surface area contributed by atoms with Crippen LogP contribution < -0.4 is 4.90 Å². The molecule has 1 fully saturated rings. The van der Waals surface area contributed by atoms with Gasteiger partial charge in [-0.2, -0.15) is 18.3 Å². The highest BCUT2D eigenvalue weighted by Gasteiger charge is 2.47. The van der Waals surface area contributed by atoms with Crippen LogP contribution in [0.1, 0.15) is 12.5 Å². The molecule has 0 aliphatic carbocycles. The molecule has 0 N–H and O–H groups in total. The van der Waals surface area contributed by atoms with Crippen LogP contribution in [0.15, 0.2) is 66.1 Å². The van der Waals surface area contributed by atoms with Crippen LogP contribution in [-0.2, 0) is 21.2 Å². The molecule has 0 spiro atoms. The van der Waals surface area contributed by atoms with Gasteiger partial charge >= 0.3 is 11.5 Å². The lowest BCUT2D eigenvalue weighted by atomic mass is 10.2. The molecule has 0 radical (unpaired) electrons. The van der Waals surface area contributed by atoms with Gasteiger partial charge in [-0.05, 0) is 43.3 Å². The smallest absolute Gasteiger partial charge is 0.308 e. The number of anilines is 1. The Morgan fingerprint density at radius 3 is 2.36 bits per heavy atom. The molecule has 4 rings (SSSR count). The molecule has 9 nitrogen and oxygen atoms in total. The van der Waals surface area contributed by atoms with Gasteiger partial charge < -0.3 is 4.90 Å². The number of halogens is 3. The predicted octanol–water partition coefficient (Wildman–Crippen LogP) is 2.92. The fraction of sp³-hybridized carbons (Fsp3) is 0.200. The summed E-state index contributed by atoms with van der Waals surface area (Å²) in [7, 11) is -5.55. The van der Waals surface area contributed by atoms with Gasteiger partial charge in [-0.3, -0.25) is 9.78 Å². The second-order valence-electron chi connectivity index (χ2n) is 7.16. The van der Waals surface area contributed by atoms with E-state index in [1.54, 1.807) is 35.4 Å². The zero-order valence-corrected chi connectivity index (χ0v) is 17.8. The molecule has 3 heterocycles. The van der Waals surface area contributed by atoms with Gasteiger partial charge in [0.2, 0.25) is 0 Å². The summed E-state index contributed by atoms with van der Waals surface area (Å²) in [6.45, 7) is 1.57. The topological polar surface area (TPSA) is 105 Å². The maximum Gasteiger partial charge on any atom is 0.501 e. The van der Waals surface area contributed by atoms with Crippen LogP contribution in [-0.4, -0.2) is 51.6 Å². The number of nitrogens with zero attached hydrogens (tertiary/aromatic N) is 5. The quantitative estimate of drug-likeness (QED) is 0.521. The predicted molar refractivity (Wildman–Crippen MR) is 109 cm³/mol.